The number of benzene rings is 3. The van der Waals surface area contributed by atoms with E-state index >= 15 is 0 Å². The fourth-order valence-corrected chi connectivity index (χ4v) is 3.39. The predicted octanol–water partition coefficient (Wildman–Crippen LogP) is 6.04. The zero-order valence-corrected chi connectivity index (χ0v) is 17.1. The third kappa shape index (κ3) is 4.63. The quantitative estimate of drug-likeness (QED) is 0.380. The number of aromatic nitrogens is 1. The topological polar surface area (TPSA) is 87.5 Å². The Morgan fingerprint density at radius 3 is 2.19 bits per heavy atom. The van der Waals surface area contributed by atoms with Crippen LogP contribution in [0.2, 0.25) is 0 Å². The highest BCUT2D eigenvalue weighted by atomic mass is 31.1. The molecule has 156 valence electrons. The molecule has 0 saturated carbocycles. The zero-order chi connectivity index (χ0) is 22.5. The van der Waals surface area contributed by atoms with E-state index in [1.54, 1.807) is 49.4 Å². The Bertz CT molecular complexity index is 1280. The summed E-state index contributed by atoms with van der Waals surface area (Å²) in [7, 11) is -0.833. The molecular formula is C23H16F2NO4P. The lowest BCUT2D eigenvalue weighted by Crippen LogP contribution is -2.05. The van der Waals surface area contributed by atoms with E-state index < -0.39 is 20.5 Å². The van der Waals surface area contributed by atoms with Crippen molar-refractivity contribution in [1.29, 1.82) is 0 Å². The molecule has 2 N–H and O–H groups in total. The Balaban J connectivity index is 0.000000858. The van der Waals surface area contributed by atoms with Crippen molar-refractivity contribution in [2.45, 2.75) is 6.92 Å². The lowest BCUT2D eigenvalue weighted by atomic mass is 9.96. The van der Waals surface area contributed by atoms with Crippen molar-refractivity contribution in [2.75, 3.05) is 0 Å². The van der Waals surface area contributed by atoms with E-state index in [-0.39, 0.29) is 16.8 Å². The zero-order valence-electron chi connectivity index (χ0n) is 16.2. The maximum atomic E-state index is 14.0. The number of carbonyl (C=O) groups is 1. The first-order valence-corrected chi connectivity index (χ1v) is 9.79. The Hall–Kier alpha value is -3.54. The van der Waals surface area contributed by atoms with Gasteiger partial charge >= 0.3 is 14.7 Å². The molecule has 0 radical (unpaired) electrons. The van der Waals surface area contributed by atoms with Crippen LogP contribution < -0.4 is 0 Å². The summed E-state index contributed by atoms with van der Waals surface area (Å²) >= 11 is 0. The van der Waals surface area contributed by atoms with Crippen LogP contribution in [-0.4, -0.2) is 21.0 Å². The van der Waals surface area contributed by atoms with Crippen molar-refractivity contribution in [3.8, 4) is 22.4 Å². The first-order chi connectivity index (χ1) is 14.9. The van der Waals surface area contributed by atoms with Gasteiger partial charge in [0.25, 0.3) is 0 Å². The molecule has 0 saturated heterocycles. The molecule has 31 heavy (non-hydrogen) atoms. The van der Waals surface area contributed by atoms with Crippen LogP contribution in [0.4, 0.5) is 8.78 Å². The van der Waals surface area contributed by atoms with E-state index in [1.807, 2.05) is 0 Å². The predicted molar refractivity (Wildman–Crippen MR) is 114 cm³/mol. The first kappa shape index (κ1) is 22.2. The Morgan fingerprint density at radius 2 is 1.58 bits per heavy atom. The van der Waals surface area contributed by atoms with Crippen molar-refractivity contribution >= 4 is 25.6 Å². The van der Waals surface area contributed by atoms with Gasteiger partial charge in [0.05, 0.1) is 16.8 Å². The fraction of sp³-hybridized carbons (Fsp3) is 0.0435. The smallest absolute Gasteiger partial charge is 0.336 e. The molecule has 4 aromatic rings. The van der Waals surface area contributed by atoms with Gasteiger partial charge in [-0.1, -0.05) is 42.5 Å². The van der Waals surface area contributed by atoms with Crippen LogP contribution in [0.5, 0.6) is 0 Å². The first-order valence-electron chi connectivity index (χ1n) is 9.02. The molecule has 5 nitrogen and oxygen atoms in total. The van der Waals surface area contributed by atoms with Gasteiger partial charge in [-0.25, -0.2) is 23.1 Å². The lowest BCUT2D eigenvalue weighted by Gasteiger charge is -2.13. The third-order valence-electron chi connectivity index (χ3n) is 4.75. The average Bonchev–Trinajstić information content (AvgIpc) is 2.74. The van der Waals surface area contributed by atoms with Crippen LogP contribution in [-0.2, 0) is 4.57 Å². The molecule has 0 aliphatic carbocycles. The molecule has 4 rings (SSSR count). The molecule has 0 aliphatic heterocycles. The number of carboxylic acids is 1. The van der Waals surface area contributed by atoms with E-state index in [9.17, 15) is 18.7 Å². The molecule has 0 atom stereocenters. The summed E-state index contributed by atoms with van der Waals surface area (Å²) in [5.74, 6) is -1.97. The van der Waals surface area contributed by atoms with Gasteiger partial charge in [-0.15, -0.1) is 0 Å². The number of hydrogen-bond acceptors (Lipinski definition) is 3. The van der Waals surface area contributed by atoms with E-state index in [4.69, 9.17) is 9.46 Å². The van der Waals surface area contributed by atoms with Crippen molar-refractivity contribution in [3.05, 3.63) is 89.5 Å². The molecular weight excluding hydrogens is 423 g/mol. The molecule has 0 bridgehead atoms. The Morgan fingerprint density at radius 1 is 0.968 bits per heavy atom. The Kier molecular flexibility index (Phi) is 6.80. The van der Waals surface area contributed by atoms with Gasteiger partial charge in [0, 0.05) is 16.5 Å². The minimum Gasteiger partial charge on any atom is -0.478 e. The van der Waals surface area contributed by atoms with Crippen LogP contribution in [0.15, 0.2) is 66.7 Å². The van der Waals surface area contributed by atoms with E-state index in [0.29, 0.717) is 33.5 Å². The summed E-state index contributed by atoms with van der Waals surface area (Å²) in [5, 5.41) is 9.92. The summed E-state index contributed by atoms with van der Waals surface area (Å²) in [6, 6.07) is 17.5. The van der Waals surface area contributed by atoms with E-state index in [2.05, 4.69) is 4.98 Å². The van der Waals surface area contributed by atoms with Gasteiger partial charge in [0.15, 0.2) is 0 Å². The molecule has 0 spiro atoms. The molecule has 0 fully saturated rings. The van der Waals surface area contributed by atoms with Crippen LogP contribution in [0.3, 0.4) is 0 Å². The normalized spacial score (nSPS) is 10.6. The average molecular weight is 439 g/mol. The van der Waals surface area contributed by atoms with Gasteiger partial charge in [-0.05, 0) is 42.3 Å². The van der Waals surface area contributed by atoms with Crippen LogP contribution in [0, 0.1) is 18.6 Å². The van der Waals surface area contributed by atoms with E-state index in [1.165, 1.54) is 24.3 Å². The second kappa shape index (κ2) is 9.51. The van der Waals surface area contributed by atoms with Gasteiger partial charge in [-0.2, -0.15) is 0 Å². The number of aromatic carboxylic acids is 1. The maximum Gasteiger partial charge on any atom is 0.336 e. The standard InChI is InChI=1S/C23H15F2NO2.HO2P/c1-13-21(23(27)28)18-12-16(24)10-11-20(18)26-22(13)15-8-6-14(7-9-15)17-4-2-3-5-19(17)25;1-3-2/h2-12H,1H3,(H,27,28);(H,1,2). The number of halogens is 2. The van der Waals surface area contributed by atoms with Crippen molar-refractivity contribution < 1.29 is 28.1 Å². The van der Waals surface area contributed by atoms with Gasteiger partial charge in [0.2, 0.25) is 0 Å². The molecule has 0 amide bonds. The van der Waals surface area contributed by atoms with Crippen molar-refractivity contribution in [1.82, 2.24) is 4.98 Å². The number of rotatable bonds is 3. The summed E-state index contributed by atoms with van der Waals surface area (Å²) in [4.78, 5) is 23.3. The number of pyridine rings is 1. The number of carboxylic acid groups (broad SMARTS) is 1. The molecule has 0 aliphatic rings. The fourth-order valence-electron chi connectivity index (χ4n) is 3.39. The lowest BCUT2D eigenvalue weighted by molar-refractivity contribution is 0.0698. The van der Waals surface area contributed by atoms with Crippen LogP contribution in [0.1, 0.15) is 15.9 Å². The summed E-state index contributed by atoms with van der Waals surface area (Å²) in [5.41, 5.74) is 3.27. The molecule has 0 unspecified atom stereocenters. The molecule has 3 aromatic carbocycles. The van der Waals surface area contributed by atoms with Gasteiger partial charge in [-0.3, -0.25) is 0 Å². The third-order valence-corrected chi connectivity index (χ3v) is 4.75. The second-order valence-corrected chi connectivity index (χ2v) is 6.73. The SMILES string of the molecule is Cc1c(-c2ccc(-c3ccccc3F)cc2)nc2ccc(F)cc2c1C(=O)O.O=PO. The molecule has 8 heteroatoms. The monoisotopic (exact) mass is 439 g/mol. The second-order valence-electron chi connectivity index (χ2n) is 6.57. The van der Waals surface area contributed by atoms with Gasteiger partial charge in [0.1, 0.15) is 11.6 Å². The highest BCUT2D eigenvalue weighted by Gasteiger charge is 2.19. The molecule has 1 heterocycles. The minimum atomic E-state index is -1.14. The summed E-state index contributed by atoms with van der Waals surface area (Å²) in [6.07, 6.45) is 0. The van der Waals surface area contributed by atoms with Gasteiger partial charge < -0.3 is 10.00 Å². The highest BCUT2D eigenvalue weighted by molar-refractivity contribution is 7.16. The summed E-state index contributed by atoms with van der Waals surface area (Å²) < 4.78 is 36.1. The molecule has 1 aromatic heterocycles. The largest absolute Gasteiger partial charge is 0.478 e. The van der Waals surface area contributed by atoms with E-state index in [0.717, 1.165) is 0 Å². The minimum absolute atomic E-state index is 0.0256. The summed E-state index contributed by atoms with van der Waals surface area (Å²) in [6.45, 7) is 1.65. The van der Waals surface area contributed by atoms with Crippen LogP contribution >= 0.6 is 8.69 Å². The Labute approximate surface area is 177 Å². The number of nitrogens with zero attached hydrogens (tertiary/aromatic N) is 1. The van der Waals surface area contributed by atoms with Crippen molar-refractivity contribution in [2.24, 2.45) is 0 Å². The van der Waals surface area contributed by atoms with Crippen molar-refractivity contribution in [3.63, 3.8) is 0 Å². The maximum absolute atomic E-state index is 14.0. The van der Waals surface area contributed by atoms with Crippen LogP contribution in [0.25, 0.3) is 33.3 Å². The highest BCUT2D eigenvalue weighted by Crippen LogP contribution is 2.32. The number of hydrogen-bond donors (Lipinski definition) is 2. The number of fused-ring (bicyclic) bond motifs is 1.